The zero-order valence-electron chi connectivity index (χ0n) is 11.6. The van der Waals surface area contributed by atoms with Crippen molar-refractivity contribution in [2.75, 3.05) is 6.79 Å². The van der Waals surface area contributed by atoms with Gasteiger partial charge in [0.1, 0.15) is 10.8 Å². The van der Waals surface area contributed by atoms with Crippen molar-refractivity contribution >= 4 is 28.3 Å². The lowest BCUT2D eigenvalue weighted by Gasteiger charge is -2.04. The molecule has 3 heterocycles. The second-order valence-electron chi connectivity index (χ2n) is 4.87. The maximum Gasteiger partial charge on any atom is 0.355 e. The normalized spacial score (nSPS) is 13.0. The summed E-state index contributed by atoms with van der Waals surface area (Å²) in [6, 6.07) is 3.75. The number of nitrogens with zero attached hydrogens (tertiary/aromatic N) is 3. The Morgan fingerprint density at radius 1 is 1.36 bits per heavy atom. The van der Waals surface area contributed by atoms with Crippen LogP contribution in [-0.4, -0.2) is 32.4 Å². The Kier molecular flexibility index (Phi) is 2.80. The highest BCUT2D eigenvalue weighted by Crippen LogP contribution is 2.36. The van der Waals surface area contributed by atoms with Gasteiger partial charge in [-0.25, -0.2) is 14.8 Å². The maximum absolute atomic E-state index is 10.9. The lowest BCUT2D eigenvalue weighted by molar-refractivity contribution is 0.0691. The Hall–Kier alpha value is -2.61. The number of carboxylic acids is 1. The van der Waals surface area contributed by atoms with E-state index in [-0.39, 0.29) is 12.5 Å². The molecule has 4 rings (SSSR count). The molecule has 0 fully saturated rings. The van der Waals surface area contributed by atoms with Gasteiger partial charge in [0.05, 0.1) is 17.6 Å². The second kappa shape index (κ2) is 4.70. The van der Waals surface area contributed by atoms with Crippen LogP contribution in [0.5, 0.6) is 11.5 Å². The molecule has 1 aliphatic rings. The van der Waals surface area contributed by atoms with Crippen LogP contribution in [0.25, 0.3) is 11.0 Å². The summed E-state index contributed by atoms with van der Waals surface area (Å²) >= 11 is 1.32. The van der Waals surface area contributed by atoms with Crippen LogP contribution in [0.15, 0.2) is 17.5 Å². The first kappa shape index (κ1) is 13.1. The fraction of sp³-hybridized carbons (Fsp3) is 0.214. The number of aryl methyl sites for hydroxylation is 1. The minimum absolute atomic E-state index is 0.0692. The van der Waals surface area contributed by atoms with Crippen LogP contribution in [0.3, 0.4) is 0 Å². The van der Waals surface area contributed by atoms with E-state index in [1.165, 1.54) is 11.3 Å². The number of hydrogen-bond donors (Lipinski definition) is 1. The summed E-state index contributed by atoms with van der Waals surface area (Å²) in [5.74, 6) is 1.20. The van der Waals surface area contributed by atoms with Crippen molar-refractivity contribution in [1.82, 2.24) is 14.5 Å². The van der Waals surface area contributed by atoms with Gasteiger partial charge in [-0.1, -0.05) is 0 Å². The molecule has 0 saturated carbocycles. The fourth-order valence-electron chi connectivity index (χ4n) is 2.45. The summed E-state index contributed by atoms with van der Waals surface area (Å²) in [7, 11) is 0. The first-order valence-corrected chi connectivity index (χ1v) is 7.44. The maximum atomic E-state index is 10.9. The number of hydrogen-bond acceptors (Lipinski definition) is 6. The van der Waals surface area contributed by atoms with Gasteiger partial charge in [0.2, 0.25) is 6.79 Å². The SMILES string of the molecule is Cc1nc2cc3c(cc2n1Cc1nc(C(=O)O)cs1)OCO3. The molecule has 0 aliphatic carbocycles. The highest BCUT2D eigenvalue weighted by Gasteiger charge is 2.19. The summed E-state index contributed by atoms with van der Waals surface area (Å²) in [6.07, 6.45) is 0. The Bertz CT molecular complexity index is 899. The van der Waals surface area contributed by atoms with Crippen LogP contribution >= 0.6 is 11.3 Å². The average Bonchev–Trinajstić information content (AvgIpc) is 3.17. The summed E-state index contributed by atoms with van der Waals surface area (Å²) in [4.78, 5) is 19.6. The first-order chi connectivity index (χ1) is 10.6. The Morgan fingerprint density at radius 3 is 2.86 bits per heavy atom. The van der Waals surface area contributed by atoms with Gasteiger partial charge in [0.25, 0.3) is 0 Å². The third-order valence-electron chi connectivity index (χ3n) is 3.50. The number of rotatable bonds is 3. The van der Waals surface area contributed by atoms with Crippen LogP contribution in [0.4, 0.5) is 0 Å². The zero-order chi connectivity index (χ0) is 15.3. The molecule has 0 unspecified atom stereocenters. The standard InChI is InChI=1S/C14H11N3O4S/c1-7-15-8-2-11-12(21-6-20-11)3-10(8)17(7)4-13-16-9(5-22-13)14(18)19/h2-3,5H,4,6H2,1H3,(H,18,19). The van der Waals surface area contributed by atoms with Crippen molar-refractivity contribution in [2.24, 2.45) is 0 Å². The molecule has 22 heavy (non-hydrogen) atoms. The van der Waals surface area contributed by atoms with Crippen LogP contribution < -0.4 is 9.47 Å². The highest BCUT2D eigenvalue weighted by molar-refractivity contribution is 7.09. The van der Waals surface area contributed by atoms with Crippen molar-refractivity contribution < 1.29 is 19.4 Å². The molecule has 112 valence electrons. The van der Waals surface area contributed by atoms with Crippen molar-refractivity contribution in [2.45, 2.75) is 13.5 Å². The number of imidazole rings is 1. The van der Waals surface area contributed by atoms with Crippen molar-refractivity contribution in [3.05, 3.63) is 34.0 Å². The third-order valence-corrected chi connectivity index (χ3v) is 4.33. The predicted octanol–water partition coefficient (Wildman–Crippen LogP) is 2.28. The van der Waals surface area contributed by atoms with Gasteiger partial charge < -0.3 is 19.1 Å². The van der Waals surface area contributed by atoms with Gasteiger partial charge >= 0.3 is 5.97 Å². The fourth-order valence-corrected chi connectivity index (χ4v) is 3.21. The molecule has 8 heteroatoms. The molecule has 3 aromatic rings. The molecule has 1 N–H and O–H groups in total. The molecular weight excluding hydrogens is 306 g/mol. The first-order valence-electron chi connectivity index (χ1n) is 6.56. The van der Waals surface area contributed by atoms with Crippen molar-refractivity contribution in [3.63, 3.8) is 0 Å². The van der Waals surface area contributed by atoms with Gasteiger partial charge in [-0.15, -0.1) is 11.3 Å². The number of aromatic carboxylic acids is 1. The van der Waals surface area contributed by atoms with Crippen molar-refractivity contribution in [3.8, 4) is 11.5 Å². The Morgan fingerprint density at radius 2 is 2.14 bits per heavy atom. The number of fused-ring (bicyclic) bond motifs is 2. The predicted molar refractivity (Wildman–Crippen MR) is 78.8 cm³/mol. The van der Waals surface area contributed by atoms with E-state index in [9.17, 15) is 4.79 Å². The number of ether oxygens (including phenoxy) is 2. The molecule has 0 spiro atoms. The summed E-state index contributed by atoms with van der Waals surface area (Å²) in [6.45, 7) is 2.59. The van der Waals surface area contributed by atoms with E-state index in [0.29, 0.717) is 18.0 Å². The molecule has 0 radical (unpaired) electrons. The van der Waals surface area contributed by atoms with Gasteiger partial charge in [-0.2, -0.15) is 0 Å². The molecule has 0 saturated heterocycles. The number of carbonyl (C=O) groups is 1. The second-order valence-corrected chi connectivity index (χ2v) is 5.81. The molecule has 1 aromatic carbocycles. The van der Waals surface area contributed by atoms with Crippen LogP contribution in [0, 0.1) is 6.92 Å². The van der Waals surface area contributed by atoms with E-state index in [1.807, 2.05) is 23.6 Å². The van der Waals surface area contributed by atoms with Gasteiger partial charge in [-0.3, -0.25) is 0 Å². The minimum Gasteiger partial charge on any atom is -0.476 e. The van der Waals surface area contributed by atoms with E-state index < -0.39 is 5.97 Å². The smallest absolute Gasteiger partial charge is 0.355 e. The molecule has 0 bridgehead atoms. The summed E-state index contributed by atoms with van der Waals surface area (Å²) in [5.41, 5.74) is 1.80. The van der Waals surface area contributed by atoms with E-state index in [0.717, 1.165) is 21.9 Å². The van der Waals surface area contributed by atoms with Crippen molar-refractivity contribution in [1.29, 1.82) is 0 Å². The Labute approximate surface area is 128 Å². The molecular formula is C14H11N3O4S. The molecule has 0 atom stereocenters. The van der Waals surface area contributed by atoms with Crippen LogP contribution in [0.2, 0.25) is 0 Å². The van der Waals surface area contributed by atoms with Gasteiger partial charge in [0.15, 0.2) is 17.2 Å². The quantitative estimate of drug-likeness (QED) is 0.797. The van der Waals surface area contributed by atoms with E-state index in [2.05, 4.69) is 9.97 Å². The summed E-state index contributed by atoms with van der Waals surface area (Å²) < 4.78 is 12.7. The van der Waals surface area contributed by atoms with Gasteiger partial charge in [-0.05, 0) is 6.92 Å². The van der Waals surface area contributed by atoms with Gasteiger partial charge in [0, 0.05) is 17.5 Å². The highest BCUT2D eigenvalue weighted by atomic mass is 32.1. The number of benzene rings is 1. The average molecular weight is 317 g/mol. The molecule has 2 aromatic heterocycles. The lowest BCUT2D eigenvalue weighted by atomic mass is 10.2. The largest absolute Gasteiger partial charge is 0.476 e. The monoisotopic (exact) mass is 317 g/mol. The van der Waals surface area contributed by atoms with E-state index >= 15 is 0 Å². The third kappa shape index (κ3) is 2.00. The van der Waals surface area contributed by atoms with Crippen LogP contribution in [-0.2, 0) is 6.54 Å². The number of aromatic nitrogens is 3. The molecule has 7 nitrogen and oxygen atoms in total. The van der Waals surface area contributed by atoms with Crippen LogP contribution in [0.1, 0.15) is 21.3 Å². The molecule has 1 aliphatic heterocycles. The molecule has 0 amide bonds. The Balaban J connectivity index is 1.77. The zero-order valence-corrected chi connectivity index (χ0v) is 12.4. The number of carboxylic acid groups (broad SMARTS) is 1. The van der Waals surface area contributed by atoms with E-state index in [1.54, 1.807) is 5.38 Å². The summed E-state index contributed by atoms with van der Waals surface area (Å²) in [5, 5.41) is 11.2. The number of thiazole rings is 1. The minimum atomic E-state index is -1.02. The lowest BCUT2D eigenvalue weighted by Crippen LogP contribution is -2.03. The topological polar surface area (TPSA) is 86.5 Å². The van der Waals surface area contributed by atoms with E-state index in [4.69, 9.17) is 14.6 Å².